The lowest BCUT2D eigenvalue weighted by molar-refractivity contribution is 1.14. The molecule has 0 aliphatic rings. The molecular weight excluding hydrogens is 387 g/mol. The fourth-order valence-electron chi connectivity index (χ4n) is 2.02. The van der Waals surface area contributed by atoms with Crippen LogP contribution in [0.2, 0.25) is 5.02 Å². The highest BCUT2D eigenvalue weighted by Gasteiger charge is 2.17. The Morgan fingerprint density at radius 1 is 0.947 bits per heavy atom. The average Bonchev–Trinajstić information content (AvgIpc) is 2.36. The Balaban J connectivity index is 2.52. The first-order valence-corrected chi connectivity index (χ1v) is 8.15. The van der Waals surface area contributed by atoms with Crippen LogP contribution in [0.1, 0.15) is 32.6 Å². The van der Waals surface area contributed by atoms with Crippen LogP contribution in [-0.2, 0) is 0 Å². The number of alkyl halides is 1. The normalized spacial score (nSPS) is 12.5. The van der Waals surface area contributed by atoms with E-state index in [0.29, 0.717) is 0 Å². The summed E-state index contributed by atoms with van der Waals surface area (Å²) in [6, 6.07) is 10.5. The monoisotopic (exact) mass is 400 g/mol. The van der Waals surface area contributed by atoms with Crippen LogP contribution in [0.25, 0.3) is 0 Å². The van der Waals surface area contributed by atoms with Gasteiger partial charge in [0.1, 0.15) is 0 Å². The highest BCUT2D eigenvalue weighted by Crippen LogP contribution is 2.39. The van der Waals surface area contributed by atoms with Gasteiger partial charge in [-0.25, -0.2) is 0 Å². The minimum atomic E-state index is 0.0913. The van der Waals surface area contributed by atoms with Crippen molar-refractivity contribution in [1.82, 2.24) is 0 Å². The molecule has 0 spiro atoms. The summed E-state index contributed by atoms with van der Waals surface area (Å²) < 4.78 is 1.09. The van der Waals surface area contributed by atoms with E-state index in [4.69, 9.17) is 11.6 Å². The Hall–Kier alpha value is -0.310. The van der Waals surface area contributed by atoms with Crippen molar-refractivity contribution in [1.29, 1.82) is 0 Å². The van der Waals surface area contributed by atoms with Gasteiger partial charge < -0.3 is 0 Å². The highest BCUT2D eigenvalue weighted by molar-refractivity contribution is 9.11. The molecule has 0 fully saturated rings. The van der Waals surface area contributed by atoms with Crippen LogP contribution in [0.4, 0.5) is 0 Å². The fraction of sp³-hybridized carbons (Fsp3) is 0.250. The lowest BCUT2D eigenvalue weighted by Crippen LogP contribution is -1.98. The van der Waals surface area contributed by atoms with Gasteiger partial charge in [0.15, 0.2) is 0 Å². The number of benzene rings is 2. The van der Waals surface area contributed by atoms with Crippen molar-refractivity contribution in [2.45, 2.75) is 25.6 Å². The van der Waals surface area contributed by atoms with Gasteiger partial charge in [0, 0.05) is 9.50 Å². The molecular formula is C16H15Br2Cl. The molecule has 19 heavy (non-hydrogen) atoms. The number of hydrogen-bond acceptors (Lipinski definition) is 0. The molecule has 0 radical (unpaired) electrons. The third-order valence-corrected chi connectivity index (χ3v) is 5.35. The van der Waals surface area contributed by atoms with Crippen LogP contribution in [0.15, 0.2) is 34.8 Å². The molecule has 3 heteroatoms. The lowest BCUT2D eigenvalue weighted by atomic mass is 9.99. The van der Waals surface area contributed by atoms with Crippen molar-refractivity contribution in [3.8, 4) is 0 Å². The van der Waals surface area contributed by atoms with Gasteiger partial charge >= 0.3 is 0 Å². The second kappa shape index (κ2) is 5.99. The molecule has 0 N–H and O–H groups in total. The zero-order chi connectivity index (χ0) is 14.2. The summed E-state index contributed by atoms with van der Waals surface area (Å²) in [5.41, 5.74) is 6.02. The van der Waals surface area contributed by atoms with Crippen molar-refractivity contribution in [3.63, 3.8) is 0 Å². The standard InChI is InChI=1S/C16H15Br2Cl/c1-9-4-5-14(17)12(6-9)16(18)13-7-10(2)11(3)8-15(13)19/h4-8,16H,1-3H3. The second-order valence-electron chi connectivity index (χ2n) is 4.85. The molecule has 0 aliphatic carbocycles. The molecule has 0 amide bonds. The van der Waals surface area contributed by atoms with E-state index >= 15 is 0 Å². The van der Waals surface area contributed by atoms with E-state index in [9.17, 15) is 0 Å². The third kappa shape index (κ3) is 3.24. The first-order chi connectivity index (χ1) is 8.90. The fourth-order valence-corrected chi connectivity index (χ4v) is 4.02. The number of rotatable bonds is 2. The number of hydrogen-bond donors (Lipinski definition) is 0. The molecule has 2 aromatic rings. The maximum absolute atomic E-state index is 6.39. The topological polar surface area (TPSA) is 0 Å². The summed E-state index contributed by atoms with van der Waals surface area (Å²) in [5.74, 6) is 0. The zero-order valence-corrected chi connectivity index (χ0v) is 15.0. The van der Waals surface area contributed by atoms with Gasteiger partial charge in [-0.3, -0.25) is 0 Å². The van der Waals surface area contributed by atoms with Crippen LogP contribution >= 0.6 is 43.5 Å². The summed E-state index contributed by atoms with van der Waals surface area (Å²) in [6.07, 6.45) is 0. The molecule has 0 saturated heterocycles. The van der Waals surface area contributed by atoms with Crippen LogP contribution in [-0.4, -0.2) is 0 Å². The molecule has 0 heterocycles. The van der Waals surface area contributed by atoms with Crippen LogP contribution in [0.3, 0.4) is 0 Å². The predicted octanol–water partition coefficient (Wildman–Crippen LogP) is 6.51. The quantitative estimate of drug-likeness (QED) is 0.502. The SMILES string of the molecule is Cc1ccc(Br)c(C(Br)c2cc(C)c(C)cc2Cl)c1. The summed E-state index contributed by atoms with van der Waals surface area (Å²) >= 11 is 13.8. The molecule has 0 saturated carbocycles. The van der Waals surface area contributed by atoms with E-state index in [0.717, 1.165) is 15.1 Å². The summed E-state index contributed by atoms with van der Waals surface area (Å²) in [5, 5.41) is 0.804. The van der Waals surface area contributed by atoms with Gasteiger partial charge in [0.05, 0.1) is 4.83 Å². The molecule has 2 rings (SSSR count). The first-order valence-electron chi connectivity index (χ1n) is 6.07. The van der Waals surface area contributed by atoms with Gasteiger partial charge in [-0.1, -0.05) is 67.2 Å². The molecule has 1 unspecified atom stereocenters. The Morgan fingerprint density at radius 2 is 1.58 bits per heavy atom. The van der Waals surface area contributed by atoms with Crippen molar-refractivity contribution in [3.05, 3.63) is 67.6 Å². The van der Waals surface area contributed by atoms with Crippen LogP contribution < -0.4 is 0 Å². The Bertz CT molecular complexity index is 620. The van der Waals surface area contributed by atoms with Gasteiger partial charge in [0.25, 0.3) is 0 Å². The van der Waals surface area contributed by atoms with Gasteiger partial charge in [-0.15, -0.1) is 0 Å². The molecule has 1 atom stereocenters. The molecule has 2 aromatic carbocycles. The van der Waals surface area contributed by atoms with Crippen LogP contribution in [0, 0.1) is 20.8 Å². The van der Waals surface area contributed by atoms with Gasteiger partial charge in [-0.2, -0.15) is 0 Å². The van der Waals surface area contributed by atoms with Gasteiger partial charge in [0.2, 0.25) is 0 Å². The summed E-state index contributed by atoms with van der Waals surface area (Å²) in [6.45, 7) is 6.29. The Labute approximate surface area is 136 Å². The van der Waals surface area contributed by atoms with E-state index in [2.05, 4.69) is 76.9 Å². The third-order valence-electron chi connectivity index (χ3n) is 3.31. The summed E-state index contributed by atoms with van der Waals surface area (Å²) in [4.78, 5) is 0.0913. The smallest absolute Gasteiger partial charge is 0.0670 e. The minimum Gasteiger partial charge on any atom is -0.0840 e. The average molecular weight is 403 g/mol. The summed E-state index contributed by atoms with van der Waals surface area (Å²) in [7, 11) is 0. The van der Waals surface area contributed by atoms with Crippen LogP contribution in [0.5, 0.6) is 0 Å². The van der Waals surface area contributed by atoms with E-state index < -0.39 is 0 Å². The number of halogens is 3. The van der Waals surface area contributed by atoms with E-state index in [1.807, 2.05) is 6.07 Å². The molecule has 0 aromatic heterocycles. The van der Waals surface area contributed by atoms with Crippen molar-refractivity contribution >= 4 is 43.5 Å². The Morgan fingerprint density at radius 3 is 2.26 bits per heavy atom. The second-order valence-corrected chi connectivity index (χ2v) is 7.02. The highest BCUT2D eigenvalue weighted by atomic mass is 79.9. The molecule has 0 aliphatic heterocycles. The van der Waals surface area contributed by atoms with Crippen molar-refractivity contribution in [2.75, 3.05) is 0 Å². The largest absolute Gasteiger partial charge is 0.0840 e. The first kappa shape index (κ1) is 15.1. The van der Waals surface area contributed by atoms with E-state index in [1.54, 1.807) is 0 Å². The number of aryl methyl sites for hydroxylation is 3. The maximum Gasteiger partial charge on any atom is 0.0670 e. The van der Waals surface area contributed by atoms with E-state index in [1.165, 1.54) is 22.3 Å². The zero-order valence-electron chi connectivity index (χ0n) is 11.1. The molecule has 0 nitrogen and oxygen atoms in total. The lowest BCUT2D eigenvalue weighted by Gasteiger charge is -2.16. The maximum atomic E-state index is 6.39. The van der Waals surface area contributed by atoms with Gasteiger partial charge in [-0.05, 0) is 55.2 Å². The van der Waals surface area contributed by atoms with Crippen molar-refractivity contribution in [2.24, 2.45) is 0 Å². The van der Waals surface area contributed by atoms with E-state index in [-0.39, 0.29) is 4.83 Å². The predicted molar refractivity (Wildman–Crippen MR) is 90.6 cm³/mol. The molecule has 100 valence electrons. The minimum absolute atomic E-state index is 0.0913. The van der Waals surface area contributed by atoms with Crippen molar-refractivity contribution < 1.29 is 0 Å². The Kier molecular flexibility index (Phi) is 4.75. The molecule has 0 bridgehead atoms.